The molecule has 2 N–H and O–H groups in total. The van der Waals surface area contributed by atoms with Gasteiger partial charge in [-0.1, -0.05) is 15.9 Å². The first-order valence-corrected chi connectivity index (χ1v) is 5.67. The van der Waals surface area contributed by atoms with Gasteiger partial charge in [0.05, 0.1) is 16.8 Å². The fourth-order valence-electron chi connectivity index (χ4n) is 1.21. The Morgan fingerprint density at radius 1 is 1.60 bits per heavy atom. The molecule has 1 amide bonds. The summed E-state index contributed by atoms with van der Waals surface area (Å²) in [4.78, 5) is 18.3. The first-order valence-electron chi connectivity index (χ1n) is 4.25. The lowest BCUT2D eigenvalue weighted by molar-refractivity contribution is -0.113. The fourth-order valence-corrected chi connectivity index (χ4v) is 1.65. The van der Waals surface area contributed by atoms with Crippen LogP contribution in [0, 0.1) is 0 Å². The van der Waals surface area contributed by atoms with Crippen molar-refractivity contribution in [3.8, 4) is 0 Å². The molecule has 0 saturated carbocycles. The lowest BCUT2D eigenvalue weighted by Gasteiger charge is -1.95. The van der Waals surface area contributed by atoms with Gasteiger partial charge in [-0.3, -0.25) is 10.1 Å². The van der Waals surface area contributed by atoms with Gasteiger partial charge in [0.1, 0.15) is 0 Å². The summed E-state index contributed by atoms with van der Waals surface area (Å²) in [5.74, 6) is 0.402. The minimum absolute atomic E-state index is 0.140. The predicted molar refractivity (Wildman–Crippen MR) is 66.3 cm³/mol. The maximum absolute atomic E-state index is 11.1. The van der Waals surface area contributed by atoms with E-state index in [0.29, 0.717) is 5.95 Å². The lowest BCUT2D eigenvalue weighted by Crippen LogP contribution is -2.13. The number of halogens is 1. The van der Waals surface area contributed by atoms with Crippen LogP contribution < -0.4 is 5.32 Å². The summed E-state index contributed by atoms with van der Waals surface area (Å²) in [5.41, 5.74) is 1.69. The third-order valence-corrected chi connectivity index (χ3v) is 2.63. The molecule has 0 fully saturated rings. The molecule has 2 rings (SSSR count). The summed E-state index contributed by atoms with van der Waals surface area (Å²) in [6.07, 6.45) is 0. The zero-order chi connectivity index (χ0) is 10.8. The van der Waals surface area contributed by atoms with Crippen LogP contribution in [-0.4, -0.2) is 21.6 Å². The van der Waals surface area contributed by atoms with Crippen molar-refractivity contribution in [2.75, 3.05) is 11.1 Å². The molecule has 78 valence electrons. The number of fused-ring (bicyclic) bond motifs is 1. The Hall–Kier alpha value is -1.01. The first-order chi connectivity index (χ1) is 7.19. The van der Waals surface area contributed by atoms with Crippen molar-refractivity contribution < 1.29 is 4.79 Å². The molecule has 15 heavy (non-hydrogen) atoms. The Labute approximate surface area is 100 Å². The van der Waals surface area contributed by atoms with Gasteiger partial charge in [0.15, 0.2) is 0 Å². The third-order valence-electron chi connectivity index (χ3n) is 1.85. The number of nitrogens with one attached hydrogen (secondary N) is 2. The second-order valence-corrected chi connectivity index (χ2v) is 4.19. The van der Waals surface area contributed by atoms with E-state index in [4.69, 9.17) is 0 Å². The van der Waals surface area contributed by atoms with E-state index in [1.165, 1.54) is 0 Å². The highest BCUT2D eigenvalue weighted by Crippen LogP contribution is 2.19. The summed E-state index contributed by atoms with van der Waals surface area (Å²) >= 11 is 7.22. The molecular formula is C9H8BrN3OS. The number of carbonyl (C=O) groups excluding carboxylic acids is 1. The number of aromatic amines is 1. The normalized spacial score (nSPS) is 10.5. The van der Waals surface area contributed by atoms with E-state index >= 15 is 0 Å². The summed E-state index contributed by atoms with van der Waals surface area (Å²) in [6.45, 7) is 0. The van der Waals surface area contributed by atoms with E-state index < -0.39 is 0 Å². The Morgan fingerprint density at radius 3 is 3.13 bits per heavy atom. The molecule has 0 unspecified atom stereocenters. The summed E-state index contributed by atoms with van der Waals surface area (Å²) in [5, 5.41) is 2.60. The average molecular weight is 286 g/mol. The van der Waals surface area contributed by atoms with Gasteiger partial charge in [0, 0.05) is 4.47 Å². The Bertz CT molecular complexity index is 511. The summed E-state index contributed by atoms with van der Waals surface area (Å²) in [6, 6.07) is 5.67. The second kappa shape index (κ2) is 4.24. The number of anilines is 1. The Kier molecular flexibility index (Phi) is 2.97. The van der Waals surface area contributed by atoms with Crippen molar-refractivity contribution in [2.24, 2.45) is 0 Å². The number of amides is 1. The monoisotopic (exact) mass is 285 g/mol. The molecule has 1 aromatic heterocycles. The van der Waals surface area contributed by atoms with Crippen molar-refractivity contribution in [2.45, 2.75) is 0 Å². The van der Waals surface area contributed by atoms with Gasteiger partial charge >= 0.3 is 0 Å². The number of carbonyl (C=O) groups is 1. The number of imidazole rings is 1. The van der Waals surface area contributed by atoms with Gasteiger partial charge in [-0.2, -0.15) is 12.6 Å². The number of benzene rings is 1. The van der Waals surface area contributed by atoms with Crippen LogP contribution in [0.4, 0.5) is 5.95 Å². The summed E-state index contributed by atoms with van der Waals surface area (Å²) in [7, 11) is 0. The van der Waals surface area contributed by atoms with Gasteiger partial charge in [-0.25, -0.2) is 4.98 Å². The minimum atomic E-state index is -0.184. The van der Waals surface area contributed by atoms with E-state index in [-0.39, 0.29) is 11.7 Å². The Morgan fingerprint density at radius 2 is 2.40 bits per heavy atom. The molecule has 0 bridgehead atoms. The topological polar surface area (TPSA) is 57.8 Å². The molecule has 4 nitrogen and oxygen atoms in total. The van der Waals surface area contributed by atoms with Crippen LogP contribution in [0.2, 0.25) is 0 Å². The van der Waals surface area contributed by atoms with Crippen molar-refractivity contribution >= 4 is 51.4 Å². The molecule has 1 aromatic carbocycles. The van der Waals surface area contributed by atoms with Gasteiger partial charge in [-0.05, 0) is 18.2 Å². The first kappa shape index (κ1) is 10.5. The molecule has 0 spiro atoms. The molecule has 2 aromatic rings. The second-order valence-electron chi connectivity index (χ2n) is 2.95. The van der Waals surface area contributed by atoms with E-state index in [1.807, 2.05) is 18.2 Å². The van der Waals surface area contributed by atoms with Gasteiger partial charge < -0.3 is 4.98 Å². The Balaban J connectivity index is 2.34. The third kappa shape index (κ3) is 2.32. The van der Waals surface area contributed by atoms with Crippen molar-refractivity contribution in [3.05, 3.63) is 22.7 Å². The maximum atomic E-state index is 11.1. The average Bonchev–Trinajstić information content (AvgIpc) is 2.59. The molecule has 0 aliphatic heterocycles. The molecule has 0 aliphatic rings. The number of aromatic nitrogens is 2. The van der Waals surface area contributed by atoms with Crippen LogP contribution in [-0.2, 0) is 4.79 Å². The molecule has 0 saturated heterocycles. The number of hydrogen-bond donors (Lipinski definition) is 3. The molecule has 0 radical (unpaired) electrons. The largest absolute Gasteiger partial charge is 0.324 e. The van der Waals surface area contributed by atoms with Crippen molar-refractivity contribution in [1.82, 2.24) is 9.97 Å². The molecule has 1 heterocycles. The van der Waals surface area contributed by atoms with Crippen LogP contribution in [0.3, 0.4) is 0 Å². The van der Waals surface area contributed by atoms with Crippen LogP contribution in [0.1, 0.15) is 0 Å². The number of hydrogen-bond acceptors (Lipinski definition) is 3. The molecule has 0 aliphatic carbocycles. The highest BCUT2D eigenvalue weighted by molar-refractivity contribution is 9.10. The quantitative estimate of drug-likeness (QED) is 0.741. The smallest absolute Gasteiger partial charge is 0.236 e. The van der Waals surface area contributed by atoms with E-state index in [0.717, 1.165) is 15.5 Å². The highest BCUT2D eigenvalue weighted by atomic mass is 79.9. The van der Waals surface area contributed by atoms with Crippen molar-refractivity contribution in [3.63, 3.8) is 0 Å². The number of nitrogens with zero attached hydrogens (tertiary/aromatic N) is 1. The minimum Gasteiger partial charge on any atom is -0.324 e. The standard InChI is InChI=1S/C9H8BrN3OS/c10-5-1-2-6-7(3-5)12-9(11-6)13-8(14)4-15/h1-3,15H,4H2,(H2,11,12,13,14). The maximum Gasteiger partial charge on any atom is 0.236 e. The van der Waals surface area contributed by atoms with Gasteiger partial charge in [0.25, 0.3) is 0 Å². The molecule has 6 heteroatoms. The predicted octanol–water partition coefficient (Wildman–Crippen LogP) is 2.19. The van der Waals surface area contributed by atoms with E-state index in [9.17, 15) is 4.79 Å². The van der Waals surface area contributed by atoms with Crippen molar-refractivity contribution in [1.29, 1.82) is 0 Å². The van der Waals surface area contributed by atoms with Crippen LogP contribution >= 0.6 is 28.6 Å². The lowest BCUT2D eigenvalue weighted by atomic mass is 10.3. The zero-order valence-electron chi connectivity index (χ0n) is 7.62. The zero-order valence-corrected chi connectivity index (χ0v) is 10.1. The van der Waals surface area contributed by atoms with Gasteiger partial charge in [-0.15, -0.1) is 0 Å². The number of thiol groups is 1. The van der Waals surface area contributed by atoms with E-state index in [1.54, 1.807) is 0 Å². The molecular weight excluding hydrogens is 278 g/mol. The summed E-state index contributed by atoms with van der Waals surface area (Å²) < 4.78 is 0.964. The van der Waals surface area contributed by atoms with Crippen LogP contribution in [0.15, 0.2) is 22.7 Å². The van der Waals surface area contributed by atoms with Gasteiger partial charge in [0.2, 0.25) is 11.9 Å². The number of H-pyrrole nitrogens is 1. The molecule has 0 atom stereocenters. The van der Waals surface area contributed by atoms with Crippen LogP contribution in [0.5, 0.6) is 0 Å². The number of rotatable bonds is 2. The fraction of sp³-hybridized carbons (Fsp3) is 0.111. The highest BCUT2D eigenvalue weighted by Gasteiger charge is 2.05. The SMILES string of the molecule is O=C(CS)Nc1nc2ccc(Br)cc2[nH]1. The van der Waals surface area contributed by atoms with E-state index in [2.05, 4.69) is 43.8 Å². The van der Waals surface area contributed by atoms with Crippen LogP contribution in [0.25, 0.3) is 11.0 Å².